The van der Waals surface area contributed by atoms with Gasteiger partial charge in [-0.25, -0.2) is 0 Å². The molecule has 0 atom stereocenters. The van der Waals surface area contributed by atoms with Gasteiger partial charge in [-0.1, -0.05) is 25.2 Å². The zero-order valence-corrected chi connectivity index (χ0v) is 14.5. The number of rotatable bonds is 12. The number of nitrogens with zero attached hydrogens (tertiary/aromatic N) is 5. The van der Waals surface area contributed by atoms with Crippen LogP contribution in [-0.2, 0) is 0 Å². The summed E-state index contributed by atoms with van der Waals surface area (Å²) in [5, 5.41) is 35.1. The molecule has 0 bridgehead atoms. The molecule has 4 N–H and O–H groups in total. The number of nitrogens with two attached hydrogens (primary N) is 1. The van der Waals surface area contributed by atoms with E-state index in [-0.39, 0.29) is 13.2 Å². The number of quaternary nitrogens is 1. The van der Waals surface area contributed by atoms with Gasteiger partial charge < -0.3 is 20.4 Å². The van der Waals surface area contributed by atoms with Gasteiger partial charge in [0.1, 0.15) is 6.54 Å². The first-order valence-electron chi connectivity index (χ1n) is 7.96. The summed E-state index contributed by atoms with van der Waals surface area (Å²) in [4.78, 5) is 1.81. The molecule has 0 fully saturated rings. The quantitative estimate of drug-likeness (QED) is 0.119. The smallest absolute Gasteiger partial charge is 0.160 e. The Labute approximate surface area is 143 Å². The molecule has 8 nitrogen and oxygen atoms in total. The number of hydrogen-bond acceptors (Lipinski definition) is 5. The van der Waals surface area contributed by atoms with Crippen LogP contribution in [-0.4, -0.2) is 67.2 Å². The van der Waals surface area contributed by atoms with Crippen LogP contribution in [0, 0.1) is 0 Å². The fraction of sp³-hybridized carbons (Fsp3) is 0.500. The average molecular weight is 337 g/mol. The molecule has 134 valence electrons. The molecule has 8 heteroatoms. The molecule has 0 heterocycles. The van der Waals surface area contributed by atoms with Crippen molar-refractivity contribution in [3.05, 3.63) is 36.6 Å². The van der Waals surface area contributed by atoms with Gasteiger partial charge >= 0.3 is 0 Å². The fourth-order valence-corrected chi connectivity index (χ4v) is 1.42. The Bertz CT molecular complexity index is 469. The molecule has 0 aliphatic heterocycles. The van der Waals surface area contributed by atoms with Gasteiger partial charge in [0.05, 0.1) is 26.0 Å². The van der Waals surface area contributed by atoms with E-state index in [0.29, 0.717) is 25.5 Å². The third kappa shape index (κ3) is 13.5. The molecule has 0 aliphatic carbocycles. The molecule has 0 aliphatic rings. The van der Waals surface area contributed by atoms with E-state index in [4.69, 9.17) is 10.2 Å². The van der Waals surface area contributed by atoms with Gasteiger partial charge in [-0.2, -0.15) is 5.11 Å². The fourth-order valence-electron chi connectivity index (χ4n) is 1.42. The van der Waals surface area contributed by atoms with Crippen molar-refractivity contribution in [2.75, 3.05) is 39.9 Å². The van der Waals surface area contributed by atoms with E-state index in [9.17, 15) is 0 Å². The Balaban J connectivity index is 4.26. The number of azo groups is 1. The highest BCUT2D eigenvalue weighted by Gasteiger charge is 2.00. The summed E-state index contributed by atoms with van der Waals surface area (Å²) >= 11 is 0. The van der Waals surface area contributed by atoms with E-state index in [2.05, 4.69) is 20.4 Å². The van der Waals surface area contributed by atoms with Gasteiger partial charge in [0, 0.05) is 13.6 Å². The molecule has 0 saturated carbocycles. The number of hydrogen-bond donors (Lipinski definition) is 3. The van der Waals surface area contributed by atoms with Crippen LogP contribution in [0.1, 0.15) is 13.3 Å². The van der Waals surface area contributed by atoms with E-state index in [1.165, 1.54) is 6.34 Å². The van der Waals surface area contributed by atoms with Crippen molar-refractivity contribution in [1.82, 2.24) is 4.90 Å². The zero-order valence-electron chi connectivity index (χ0n) is 14.5. The second-order valence-electron chi connectivity index (χ2n) is 4.65. The van der Waals surface area contributed by atoms with Crippen LogP contribution in [0.4, 0.5) is 0 Å². The molecule has 0 rings (SSSR count). The van der Waals surface area contributed by atoms with Gasteiger partial charge in [0.2, 0.25) is 0 Å². The number of aliphatic hydroxyl groups is 2. The summed E-state index contributed by atoms with van der Waals surface area (Å²) in [5.41, 5.74) is 0. The van der Waals surface area contributed by atoms with Gasteiger partial charge in [0.15, 0.2) is 12.2 Å². The Morgan fingerprint density at radius 2 is 2.00 bits per heavy atom. The molecule has 24 heavy (non-hydrogen) atoms. The molecule has 0 radical (unpaired) electrons. The molecular weight excluding hydrogens is 308 g/mol. The highest BCUT2D eigenvalue weighted by Crippen LogP contribution is 1.93. The highest BCUT2D eigenvalue weighted by molar-refractivity contribution is 5.92. The van der Waals surface area contributed by atoms with E-state index in [1.54, 1.807) is 0 Å². The molecule has 0 aromatic heterocycles. The van der Waals surface area contributed by atoms with Crippen molar-refractivity contribution in [3.8, 4) is 0 Å². The lowest BCUT2D eigenvalue weighted by Crippen LogP contribution is -2.78. The standard InChI is InChI=1S/C16H28N6O2/c1-3-4-8-16(22(2)12-14-24)21-20-15-19-18-10-7-5-6-9-17-11-13-23/h4-9,15,17,23-24H,3,10-14H2,1-2H3/p+1/b7-5-,8-4-,9-6-,19-18?,20-15+,21-16+. The number of allylic oxidation sites excluding steroid dienone is 3. The van der Waals surface area contributed by atoms with Crippen molar-refractivity contribution in [1.29, 1.82) is 0 Å². The topological polar surface area (TPSA) is 110 Å². The van der Waals surface area contributed by atoms with Crippen molar-refractivity contribution >= 4 is 12.2 Å². The minimum atomic E-state index is 0.0530. The van der Waals surface area contributed by atoms with Crippen LogP contribution >= 0.6 is 0 Å². The molecule has 0 aromatic carbocycles. The largest absolute Gasteiger partial charge is 0.395 e. The van der Waals surface area contributed by atoms with Crippen LogP contribution in [0.3, 0.4) is 0 Å². The van der Waals surface area contributed by atoms with Crippen molar-refractivity contribution in [2.45, 2.75) is 13.3 Å². The monoisotopic (exact) mass is 337 g/mol. The number of aliphatic hydroxyl groups excluding tert-OH is 2. The van der Waals surface area contributed by atoms with E-state index in [0.717, 1.165) is 6.42 Å². The Morgan fingerprint density at radius 1 is 1.17 bits per heavy atom. The minimum Gasteiger partial charge on any atom is -0.395 e. The van der Waals surface area contributed by atoms with Crippen molar-refractivity contribution in [2.24, 2.45) is 20.4 Å². The molecule has 0 amide bonds. The summed E-state index contributed by atoms with van der Waals surface area (Å²) < 4.78 is 0. The minimum absolute atomic E-state index is 0.0530. The van der Waals surface area contributed by atoms with E-state index < -0.39 is 0 Å². The third-order valence-electron chi connectivity index (χ3n) is 2.65. The molecule has 0 aromatic rings. The lowest BCUT2D eigenvalue weighted by atomic mass is 10.3. The predicted molar refractivity (Wildman–Crippen MR) is 97.0 cm³/mol. The summed E-state index contributed by atoms with van der Waals surface area (Å²) in [5.74, 6) is 0.654. The SMILES string of the molecule is CC\C=C/C(=N\N=C\N=NC/C=C\C=C/[NH2+]CCO)N(C)CCO. The van der Waals surface area contributed by atoms with Crippen LogP contribution in [0.15, 0.2) is 57.0 Å². The molecule has 0 unspecified atom stereocenters. The first kappa shape index (κ1) is 21.8. The Kier molecular flexibility index (Phi) is 15.7. The van der Waals surface area contributed by atoms with E-state index >= 15 is 0 Å². The highest BCUT2D eigenvalue weighted by atomic mass is 16.3. The molecule has 0 spiro atoms. The first-order chi connectivity index (χ1) is 11.8. The van der Waals surface area contributed by atoms with Gasteiger partial charge in [-0.15, -0.1) is 15.3 Å². The summed E-state index contributed by atoms with van der Waals surface area (Å²) in [6, 6.07) is 0. The maximum absolute atomic E-state index is 8.97. The number of likely N-dealkylation sites (N-methyl/N-ethyl adjacent to an activating group) is 1. The first-order valence-corrected chi connectivity index (χ1v) is 7.96. The Hall–Kier alpha value is -2.16. The molecule has 0 saturated heterocycles. The second-order valence-corrected chi connectivity index (χ2v) is 4.65. The van der Waals surface area contributed by atoms with Crippen LogP contribution in [0.5, 0.6) is 0 Å². The van der Waals surface area contributed by atoms with Crippen molar-refractivity contribution < 1.29 is 15.5 Å². The van der Waals surface area contributed by atoms with Crippen molar-refractivity contribution in [3.63, 3.8) is 0 Å². The normalized spacial score (nSPS) is 13.6. The summed E-state index contributed by atoms with van der Waals surface area (Å²) in [7, 11) is 1.84. The zero-order chi connectivity index (χ0) is 17.9. The lowest BCUT2D eigenvalue weighted by Gasteiger charge is -2.16. The number of amidine groups is 1. The maximum atomic E-state index is 8.97. The lowest BCUT2D eigenvalue weighted by molar-refractivity contribution is -0.589. The van der Waals surface area contributed by atoms with Crippen LogP contribution in [0.25, 0.3) is 0 Å². The van der Waals surface area contributed by atoms with Gasteiger partial charge in [-0.05, 0) is 18.6 Å². The Morgan fingerprint density at radius 3 is 2.71 bits per heavy atom. The molecular formula is C16H29N6O2+. The van der Waals surface area contributed by atoms with Crippen LogP contribution < -0.4 is 5.32 Å². The van der Waals surface area contributed by atoms with Gasteiger partial charge in [0.25, 0.3) is 0 Å². The summed E-state index contributed by atoms with van der Waals surface area (Å²) in [6.45, 7) is 3.84. The van der Waals surface area contributed by atoms with E-state index in [1.807, 2.05) is 60.8 Å². The summed E-state index contributed by atoms with van der Waals surface area (Å²) in [6.07, 6.45) is 13.5. The van der Waals surface area contributed by atoms with Gasteiger partial charge in [-0.3, -0.25) is 0 Å². The predicted octanol–water partition coefficient (Wildman–Crippen LogP) is 0.296. The average Bonchev–Trinajstić information content (AvgIpc) is 2.58. The second kappa shape index (κ2) is 17.2. The maximum Gasteiger partial charge on any atom is 0.160 e. The third-order valence-corrected chi connectivity index (χ3v) is 2.65. The van der Waals surface area contributed by atoms with Crippen LogP contribution in [0.2, 0.25) is 0 Å².